The fraction of sp³-hybridized carbons (Fsp3) is 0.412. The molecule has 4 aromatic rings. The summed E-state index contributed by atoms with van der Waals surface area (Å²) in [5.41, 5.74) is -1.01. The van der Waals surface area contributed by atoms with E-state index in [-0.39, 0.29) is 87.5 Å². The van der Waals surface area contributed by atoms with Gasteiger partial charge in [-0.25, -0.2) is 28.3 Å². The predicted octanol–water partition coefficient (Wildman–Crippen LogP) is 9.47. The van der Waals surface area contributed by atoms with Crippen molar-refractivity contribution in [3.8, 4) is 0 Å². The van der Waals surface area contributed by atoms with Crippen LogP contribution in [0.1, 0.15) is 34.6 Å². The van der Waals surface area contributed by atoms with Gasteiger partial charge in [0, 0.05) is 60.9 Å². The number of likely N-dealkylation sites (tertiary alicyclic amines) is 2. The third kappa shape index (κ3) is 8.92. The Bertz CT molecular complexity index is 2260. The van der Waals surface area contributed by atoms with E-state index in [9.17, 15) is 38.6 Å². The van der Waals surface area contributed by atoms with Gasteiger partial charge in [0.25, 0.3) is 0 Å². The second-order valence-electron chi connectivity index (χ2n) is 14.3. The monoisotopic (exact) mass is 948 g/mol. The highest BCUT2D eigenvalue weighted by Crippen LogP contribution is 2.41. The van der Waals surface area contributed by atoms with Gasteiger partial charge >= 0.3 is 23.6 Å². The fourth-order valence-electron chi connectivity index (χ4n) is 6.02. The maximum absolute atomic E-state index is 14.6. The number of nitrogens with one attached hydrogen (secondary N) is 2. The second-order valence-corrected chi connectivity index (χ2v) is 16.7. The molecule has 56 heavy (non-hydrogen) atoms. The average Bonchev–Trinajstić information content (AvgIpc) is 3.04. The molecule has 2 aliphatic rings. The molecule has 6 rings (SSSR count). The van der Waals surface area contributed by atoms with Crippen molar-refractivity contribution >= 4 is 112 Å². The fourth-order valence-corrected chi connectivity index (χ4v) is 7.01. The molecule has 16 nitrogen and oxygen atoms in total. The van der Waals surface area contributed by atoms with E-state index in [1.807, 2.05) is 6.92 Å². The highest BCUT2D eigenvalue weighted by atomic mass is 79.9. The number of carbonyl (C=O) groups is 2. The maximum Gasteiger partial charge on any atom is 0.410 e. The van der Waals surface area contributed by atoms with Crippen LogP contribution >= 0.6 is 55.1 Å². The SMILES string of the molecule is CC(Nc1c([N+](=O)[O-])cnc2c(F)c(Br)c(Cl)cc12)C1CN(C(=O)O)C1.CC(Nc1c([N+](=O)[O-])cnc2c(F)c(Br)c(Cl)cc12)C1CN(C(=O)OC(C)(C)C)C1. The number of pyridine rings is 2. The predicted molar refractivity (Wildman–Crippen MR) is 213 cm³/mol. The van der Waals surface area contributed by atoms with E-state index in [1.54, 1.807) is 32.6 Å². The molecule has 2 amide bonds. The van der Waals surface area contributed by atoms with Gasteiger partial charge in [0.1, 0.15) is 40.4 Å². The van der Waals surface area contributed by atoms with Gasteiger partial charge < -0.3 is 30.3 Å². The Morgan fingerprint density at radius 2 is 1.23 bits per heavy atom. The van der Waals surface area contributed by atoms with E-state index < -0.39 is 39.3 Å². The summed E-state index contributed by atoms with van der Waals surface area (Å²) in [6.45, 7) is 10.6. The number of amides is 2. The normalized spacial score (nSPS) is 15.6. The van der Waals surface area contributed by atoms with E-state index in [2.05, 4.69) is 52.5 Å². The summed E-state index contributed by atoms with van der Waals surface area (Å²) in [4.78, 5) is 55.3. The van der Waals surface area contributed by atoms with E-state index in [0.717, 1.165) is 12.4 Å². The number of carboxylic acid groups (broad SMARTS) is 1. The van der Waals surface area contributed by atoms with Gasteiger partial charge in [-0.1, -0.05) is 23.2 Å². The Morgan fingerprint density at radius 1 is 0.857 bits per heavy atom. The van der Waals surface area contributed by atoms with Crippen LogP contribution in [0, 0.1) is 43.7 Å². The molecule has 2 aromatic heterocycles. The molecule has 2 atom stereocenters. The van der Waals surface area contributed by atoms with Crippen molar-refractivity contribution in [3.63, 3.8) is 0 Å². The van der Waals surface area contributed by atoms with Crippen LogP contribution in [0.15, 0.2) is 33.5 Å². The molecule has 2 aromatic carbocycles. The number of fused-ring (bicyclic) bond motifs is 2. The van der Waals surface area contributed by atoms with Gasteiger partial charge in [-0.3, -0.25) is 20.2 Å². The van der Waals surface area contributed by atoms with Gasteiger partial charge in [0.15, 0.2) is 11.6 Å². The Hall–Kier alpha value is -4.40. The lowest BCUT2D eigenvalue weighted by Gasteiger charge is -2.42. The molecule has 22 heteroatoms. The smallest absolute Gasteiger partial charge is 0.410 e. The highest BCUT2D eigenvalue weighted by molar-refractivity contribution is 9.10. The minimum Gasteiger partial charge on any atom is -0.465 e. The third-order valence-electron chi connectivity index (χ3n) is 9.25. The lowest BCUT2D eigenvalue weighted by Crippen LogP contribution is -2.56. The number of ether oxygens (including phenoxy) is 1. The number of aromatic nitrogens is 2. The van der Waals surface area contributed by atoms with Crippen LogP contribution < -0.4 is 10.6 Å². The van der Waals surface area contributed by atoms with Crippen molar-refractivity contribution in [3.05, 3.63) is 75.4 Å². The number of carbonyl (C=O) groups excluding carboxylic acids is 1. The van der Waals surface area contributed by atoms with Crippen molar-refractivity contribution in [2.45, 2.75) is 52.3 Å². The van der Waals surface area contributed by atoms with Crippen molar-refractivity contribution in [1.29, 1.82) is 0 Å². The summed E-state index contributed by atoms with van der Waals surface area (Å²) < 4.78 is 34.4. The summed E-state index contributed by atoms with van der Waals surface area (Å²) in [5.74, 6) is -1.39. The molecule has 2 saturated heterocycles. The van der Waals surface area contributed by atoms with Crippen LogP contribution in [0.4, 0.5) is 41.1 Å². The van der Waals surface area contributed by atoms with Gasteiger partial charge in [0.2, 0.25) is 0 Å². The summed E-state index contributed by atoms with van der Waals surface area (Å²) in [6, 6.07) is 2.33. The second kappa shape index (κ2) is 16.6. The Balaban J connectivity index is 0.000000216. The maximum atomic E-state index is 14.6. The minimum absolute atomic E-state index is 0.0234. The van der Waals surface area contributed by atoms with E-state index in [0.29, 0.717) is 26.2 Å². The quantitative estimate of drug-likeness (QED) is 0.0858. The molecular formula is C34H34Br2Cl2F2N8O8. The molecular weight excluding hydrogens is 917 g/mol. The number of benzene rings is 2. The molecule has 4 heterocycles. The topological polar surface area (TPSA) is 206 Å². The van der Waals surface area contributed by atoms with Crippen LogP contribution in [-0.2, 0) is 4.74 Å². The van der Waals surface area contributed by atoms with Crippen LogP contribution in [0.3, 0.4) is 0 Å². The Morgan fingerprint density at radius 3 is 1.57 bits per heavy atom. The molecule has 0 saturated carbocycles. The summed E-state index contributed by atoms with van der Waals surface area (Å²) >= 11 is 18.2. The molecule has 0 bridgehead atoms. The van der Waals surface area contributed by atoms with Crippen LogP contribution in [0.25, 0.3) is 21.8 Å². The number of nitrogens with zero attached hydrogens (tertiary/aromatic N) is 6. The number of hydrogen-bond donors (Lipinski definition) is 3. The largest absolute Gasteiger partial charge is 0.465 e. The zero-order valence-electron chi connectivity index (χ0n) is 30.2. The van der Waals surface area contributed by atoms with Crippen molar-refractivity contribution < 1.29 is 38.1 Å². The molecule has 3 N–H and O–H groups in total. The lowest BCUT2D eigenvalue weighted by atomic mass is 9.92. The zero-order chi connectivity index (χ0) is 41.5. The number of halogens is 6. The third-order valence-corrected chi connectivity index (χ3v) is 11.9. The Kier molecular flexibility index (Phi) is 12.7. The molecule has 0 spiro atoms. The average molecular weight is 951 g/mol. The first-order chi connectivity index (χ1) is 26.1. The van der Waals surface area contributed by atoms with E-state index in [4.69, 9.17) is 33.0 Å². The van der Waals surface area contributed by atoms with E-state index >= 15 is 0 Å². The highest BCUT2D eigenvalue weighted by Gasteiger charge is 2.38. The summed E-state index contributed by atoms with van der Waals surface area (Å²) in [5, 5.41) is 38.5. The molecule has 2 unspecified atom stereocenters. The zero-order valence-corrected chi connectivity index (χ0v) is 34.9. The molecule has 0 aliphatic carbocycles. The molecule has 300 valence electrons. The lowest BCUT2D eigenvalue weighted by molar-refractivity contribution is -0.384. The van der Waals surface area contributed by atoms with Crippen molar-refractivity contribution in [2.24, 2.45) is 11.8 Å². The van der Waals surface area contributed by atoms with Gasteiger partial charge in [-0.05, 0) is 78.6 Å². The molecule has 2 fully saturated rings. The first kappa shape index (κ1) is 42.7. The minimum atomic E-state index is -1.01. The van der Waals surface area contributed by atoms with Gasteiger partial charge in [0.05, 0.1) is 28.8 Å². The van der Waals surface area contributed by atoms with E-state index in [1.165, 1.54) is 17.0 Å². The van der Waals surface area contributed by atoms with Gasteiger partial charge in [-0.15, -0.1) is 0 Å². The first-order valence-electron chi connectivity index (χ1n) is 16.8. The summed E-state index contributed by atoms with van der Waals surface area (Å²) in [6.07, 6.45) is 0.609. The van der Waals surface area contributed by atoms with Crippen molar-refractivity contribution in [2.75, 3.05) is 36.8 Å². The number of nitro groups is 2. The Labute approximate surface area is 344 Å². The van der Waals surface area contributed by atoms with Crippen LogP contribution in [0.5, 0.6) is 0 Å². The molecule has 0 radical (unpaired) electrons. The van der Waals surface area contributed by atoms with Gasteiger partial charge in [-0.2, -0.15) is 0 Å². The number of anilines is 2. The van der Waals surface area contributed by atoms with Crippen LogP contribution in [-0.4, -0.2) is 90.8 Å². The summed E-state index contributed by atoms with van der Waals surface area (Å²) in [7, 11) is 0. The standard InChI is InChI=1S/C19H21BrClFN4O4.C15H13BrClFN4O4/c1-9(10-7-25(8-10)18(27)30-19(2,3)4)24-16-11-5-12(21)14(20)15(22)17(11)23-6-13(16)26(28)29;1-6(7-4-21(5-7)15(23)24)20-13-8-2-9(17)11(16)12(18)14(8)19-3-10(13)22(25)26/h5-6,9-10H,7-8H2,1-4H3,(H,23,24);2-3,6-7H,4-5H2,1H3,(H,19,20)(H,23,24). The van der Waals surface area contributed by atoms with Crippen molar-refractivity contribution in [1.82, 2.24) is 19.8 Å². The number of hydrogen-bond acceptors (Lipinski definition) is 11. The molecule has 2 aliphatic heterocycles. The first-order valence-corrected chi connectivity index (χ1v) is 19.1. The number of rotatable bonds is 8. The van der Waals surface area contributed by atoms with Crippen LogP contribution in [0.2, 0.25) is 10.0 Å².